The summed E-state index contributed by atoms with van der Waals surface area (Å²) in [5.74, 6) is -0.132. The van der Waals surface area contributed by atoms with Gasteiger partial charge in [-0.05, 0) is 37.7 Å². The van der Waals surface area contributed by atoms with E-state index in [9.17, 15) is 14.7 Å². The van der Waals surface area contributed by atoms with E-state index in [1.165, 1.54) is 12.3 Å². The van der Waals surface area contributed by atoms with Crippen molar-refractivity contribution in [3.8, 4) is 0 Å². The Hall–Kier alpha value is -2.40. The maximum absolute atomic E-state index is 12.5. The molecule has 3 rings (SSSR count). The van der Waals surface area contributed by atoms with Gasteiger partial charge < -0.3 is 15.4 Å². The summed E-state index contributed by atoms with van der Waals surface area (Å²) in [5, 5.41) is 12.6. The van der Waals surface area contributed by atoms with Crippen molar-refractivity contribution in [2.45, 2.75) is 38.3 Å². The average Bonchev–Trinajstić information content (AvgIpc) is 2.52. The van der Waals surface area contributed by atoms with E-state index in [0.29, 0.717) is 19.3 Å². The molecule has 1 atom stereocenters. The number of aliphatic hydroxyl groups is 1. The van der Waals surface area contributed by atoms with Crippen LogP contribution in [0.25, 0.3) is 0 Å². The fourth-order valence-electron chi connectivity index (χ4n) is 3.16. The summed E-state index contributed by atoms with van der Waals surface area (Å²) in [4.78, 5) is 27.4. The van der Waals surface area contributed by atoms with Crippen molar-refractivity contribution >= 4 is 5.91 Å². The van der Waals surface area contributed by atoms with E-state index in [-0.39, 0.29) is 35.0 Å². The minimum absolute atomic E-state index is 0.0935. The first kappa shape index (κ1) is 16.5. The molecule has 5 nitrogen and oxygen atoms in total. The number of aromatic amines is 1. The average molecular weight is 326 g/mol. The van der Waals surface area contributed by atoms with Crippen LogP contribution in [0.5, 0.6) is 0 Å². The predicted octanol–water partition coefficient (Wildman–Crippen LogP) is 1.80. The van der Waals surface area contributed by atoms with E-state index in [2.05, 4.69) is 10.3 Å². The molecule has 0 saturated heterocycles. The highest BCUT2D eigenvalue weighted by molar-refractivity contribution is 5.94. The van der Waals surface area contributed by atoms with Gasteiger partial charge in [0.2, 0.25) is 0 Å². The highest BCUT2D eigenvalue weighted by Crippen LogP contribution is 2.31. The zero-order valence-electron chi connectivity index (χ0n) is 13.7. The second-order valence-corrected chi connectivity index (χ2v) is 6.55. The number of benzene rings is 1. The fraction of sp³-hybridized carbons (Fsp3) is 0.368. The number of hydrogen-bond donors (Lipinski definition) is 3. The van der Waals surface area contributed by atoms with Crippen molar-refractivity contribution in [2.24, 2.45) is 5.92 Å². The fourth-order valence-corrected chi connectivity index (χ4v) is 3.16. The third kappa shape index (κ3) is 3.74. The van der Waals surface area contributed by atoms with Gasteiger partial charge in [0.15, 0.2) is 5.43 Å². The molecule has 1 amide bonds. The molecule has 3 N–H and O–H groups in total. The molecule has 2 aromatic rings. The molecule has 0 spiro atoms. The second-order valence-electron chi connectivity index (χ2n) is 6.55. The van der Waals surface area contributed by atoms with Crippen LogP contribution in [0.2, 0.25) is 0 Å². The van der Waals surface area contributed by atoms with E-state index >= 15 is 0 Å². The molecule has 1 aromatic carbocycles. The topological polar surface area (TPSA) is 82.2 Å². The number of nitrogens with one attached hydrogen (secondary N) is 2. The minimum atomic E-state index is -0.362. The zero-order chi connectivity index (χ0) is 17.1. The number of pyridine rings is 1. The summed E-state index contributed by atoms with van der Waals surface area (Å²) in [6, 6.07) is 11.3. The summed E-state index contributed by atoms with van der Waals surface area (Å²) < 4.78 is 0. The second kappa shape index (κ2) is 7.01. The van der Waals surface area contributed by atoms with Crippen LogP contribution in [0.1, 0.15) is 34.5 Å². The third-order valence-corrected chi connectivity index (χ3v) is 4.64. The summed E-state index contributed by atoms with van der Waals surface area (Å²) >= 11 is 0. The Labute approximate surface area is 140 Å². The molecule has 0 bridgehead atoms. The Morgan fingerprint density at radius 3 is 2.67 bits per heavy atom. The van der Waals surface area contributed by atoms with E-state index in [0.717, 1.165) is 11.3 Å². The molecule has 126 valence electrons. The molecular weight excluding hydrogens is 304 g/mol. The number of hydrogen-bond acceptors (Lipinski definition) is 3. The van der Waals surface area contributed by atoms with Gasteiger partial charge in [0, 0.05) is 24.0 Å². The van der Waals surface area contributed by atoms with Gasteiger partial charge in [-0.2, -0.15) is 0 Å². The van der Waals surface area contributed by atoms with Gasteiger partial charge in [0.05, 0.1) is 6.10 Å². The van der Waals surface area contributed by atoms with Gasteiger partial charge in [0.25, 0.3) is 5.91 Å². The van der Waals surface area contributed by atoms with Gasteiger partial charge in [-0.25, -0.2) is 0 Å². The quantitative estimate of drug-likeness (QED) is 0.783. The van der Waals surface area contributed by atoms with E-state index in [4.69, 9.17) is 0 Å². The van der Waals surface area contributed by atoms with Crippen molar-refractivity contribution in [2.75, 3.05) is 0 Å². The number of carbonyl (C=O) groups excluding carboxylic acids is 1. The monoisotopic (exact) mass is 326 g/mol. The van der Waals surface area contributed by atoms with E-state index in [1.807, 2.05) is 30.3 Å². The molecule has 1 fully saturated rings. The van der Waals surface area contributed by atoms with Crippen LogP contribution >= 0.6 is 0 Å². The van der Waals surface area contributed by atoms with Crippen molar-refractivity contribution in [1.29, 1.82) is 0 Å². The molecule has 1 heterocycles. The van der Waals surface area contributed by atoms with Crippen LogP contribution in [-0.4, -0.2) is 28.1 Å². The highest BCUT2D eigenvalue weighted by atomic mass is 16.3. The minimum Gasteiger partial charge on any atom is -0.393 e. The van der Waals surface area contributed by atoms with Crippen LogP contribution < -0.4 is 10.7 Å². The van der Waals surface area contributed by atoms with Crippen LogP contribution in [0.3, 0.4) is 0 Å². The van der Waals surface area contributed by atoms with Gasteiger partial charge >= 0.3 is 0 Å². The van der Waals surface area contributed by atoms with Crippen molar-refractivity contribution in [3.63, 3.8) is 0 Å². The van der Waals surface area contributed by atoms with Crippen LogP contribution in [0.15, 0.2) is 47.4 Å². The maximum atomic E-state index is 12.5. The van der Waals surface area contributed by atoms with Gasteiger partial charge in [-0.15, -0.1) is 0 Å². The standard InChI is InChI=1S/C19H22N2O3/c1-12-7-18(23)16(11-20-12)19(24)21-17(14-9-15(22)10-14)8-13-5-3-2-4-6-13/h2-7,11,14-15,17,22H,8-10H2,1H3,(H,20,23)(H,21,24)/t14?,15?,17-/m1/s1. The van der Waals surface area contributed by atoms with E-state index < -0.39 is 0 Å². The molecule has 0 radical (unpaired) electrons. The lowest BCUT2D eigenvalue weighted by Crippen LogP contribution is -2.49. The number of aryl methyl sites for hydroxylation is 1. The lowest BCUT2D eigenvalue weighted by molar-refractivity contribution is 0.0239. The summed E-state index contributed by atoms with van der Waals surface area (Å²) in [6.07, 6.45) is 3.23. The number of aliphatic hydroxyl groups excluding tert-OH is 1. The summed E-state index contributed by atoms with van der Waals surface area (Å²) in [5.41, 5.74) is 1.69. The molecule has 5 heteroatoms. The highest BCUT2D eigenvalue weighted by Gasteiger charge is 2.35. The molecular formula is C19H22N2O3. The molecule has 1 aliphatic carbocycles. The Morgan fingerprint density at radius 2 is 2.04 bits per heavy atom. The smallest absolute Gasteiger partial charge is 0.256 e. The number of amides is 1. The number of H-pyrrole nitrogens is 1. The first-order valence-corrected chi connectivity index (χ1v) is 8.25. The first-order valence-electron chi connectivity index (χ1n) is 8.25. The number of rotatable bonds is 5. The zero-order valence-corrected chi connectivity index (χ0v) is 13.7. The maximum Gasteiger partial charge on any atom is 0.256 e. The van der Waals surface area contributed by atoms with Gasteiger partial charge in [0.1, 0.15) is 5.56 Å². The van der Waals surface area contributed by atoms with Crippen molar-refractivity contribution < 1.29 is 9.90 Å². The molecule has 1 aromatic heterocycles. The number of aromatic nitrogens is 1. The molecule has 1 saturated carbocycles. The normalized spacial score (nSPS) is 20.9. The van der Waals surface area contributed by atoms with Crippen LogP contribution in [0, 0.1) is 12.8 Å². The van der Waals surface area contributed by atoms with E-state index in [1.54, 1.807) is 6.92 Å². The van der Waals surface area contributed by atoms with Crippen LogP contribution in [-0.2, 0) is 6.42 Å². The SMILES string of the molecule is Cc1cc(=O)c(C(=O)N[C@H](Cc2ccccc2)C2CC(O)C2)c[nH]1. The molecule has 1 aliphatic rings. The molecule has 0 aliphatic heterocycles. The summed E-state index contributed by atoms with van der Waals surface area (Å²) in [6.45, 7) is 1.77. The van der Waals surface area contributed by atoms with Crippen LogP contribution in [0.4, 0.5) is 0 Å². The van der Waals surface area contributed by atoms with Crippen molar-refractivity contribution in [1.82, 2.24) is 10.3 Å². The first-order chi connectivity index (χ1) is 11.5. The number of carbonyl (C=O) groups is 1. The Bertz CT molecular complexity index is 764. The molecule has 24 heavy (non-hydrogen) atoms. The predicted molar refractivity (Wildman–Crippen MR) is 91.9 cm³/mol. The van der Waals surface area contributed by atoms with Gasteiger partial charge in [-0.1, -0.05) is 30.3 Å². The largest absolute Gasteiger partial charge is 0.393 e. The van der Waals surface area contributed by atoms with Crippen molar-refractivity contribution in [3.05, 3.63) is 69.6 Å². The lowest BCUT2D eigenvalue weighted by atomic mass is 9.75. The Balaban J connectivity index is 1.76. The lowest BCUT2D eigenvalue weighted by Gasteiger charge is -2.38. The Kier molecular flexibility index (Phi) is 4.81. The third-order valence-electron chi connectivity index (χ3n) is 4.64. The molecule has 0 unspecified atom stereocenters. The summed E-state index contributed by atoms with van der Waals surface area (Å²) in [7, 11) is 0. The Morgan fingerprint density at radius 1 is 1.33 bits per heavy atom. The van der Waals surface area contributed by atoms with Gasteiger partial charge in [-0.3, -0.25) is 9.59 Å².